The molecule has 0 bridgehead atoms. The van der Waals surface area contributed by atoms with Crippen LogP contribution in [-0.2, 0) is 9.59 Å². The molecule has 1 aromatic carbocycles. The summed E-state index contributed by atoms with van der Waals surface area (Å²) in [6, 6.07) is 4.36. The van der Waals surface area contributed by atoms with E-state index in [4.69, 9.17) is 9.47 Å². The largest absolute Gasteiger partial charge is 0.493 e. The number of urea groups is 1. The van der Waals surface area contributed by atoms with E-state index in [9.17, 15) is 14.4 Å². The molecule has 4 amide bonds. The second kappa shape index (κ2) is 7.59. The number of rotatable bonds is 5. The van der Waals surface area contributed by atoms with Gasteiger partial charge in [0.05, 0.1) is 13.7 Å². The summed E-state index contributed by atoms with van der Waals surface area (Å²) in [4.78, 5) is 38.3. The zero-order valence-corrected chi connectivity index (χ0v) is 14.9. The Balaban J connectivity index is 1.93. The monoisotopic (exact) mass is 358 g/mol. The van der Waals surface area contributed by atoms with E-state index in [0.717, 1.165) is 25.7 Å². The van der Waals surface area contributed by atoms with Crippen LogP contribution in [0.3, 0.4) is 0 Å². The number of methoxy groups -OCH3 is 1. The minimum absolute atomic E-state index is 0.0517. The normalized spacial score (nSPS) is 19.8. The van der Waals surface area contributed by atoms with Gasteiger partial charge in [-0.15, -0.1) is 0 Å². The Bertz CT molecular complexity index is 765. The maximum Gasteiger partial charge on any atom is 0.331 e. The summed E-state index contributed by atoms with van der Waals surface area (Å²) < 4.78 is 10.8. The third-order valence-corrected chi connectivity index (χ3v) is 4.62. The fourth-order valence-corrected chi connectivity index (χ4v) is 3.38. The summed E-state index contributed by atoms with van der Waals surface area (Å²) in [5.41, 5.74) is 0.567. The highest BCUT2D eigenvalue weighted by Gasteiger charge is 2.40. The molecule has 0 spiro atoms. The molecule has 1 saturated heterocycles. The van der Waals surface area contributed by atoms with Crippen molar-refractivity contribution in [1.82, 2.24) is 10.2 Å². The second-order valence-corrected chi connectivity index (χ2v) is 6.27. The quantitative estimate of drug-likeness (QED) is 0.646. The molecule has 7 nitrogen and oxygen atoms in total. The third-order valence-electron chi connectivity index (χ3n) is 4.62. The highest BCUT2D eigenvalue weighted by atomic mass is 16.5. The van der Waals surface area contributed by atoms with E-state index >= 15 is 0 Å². The number of barbiturate groups is 1. The first-order valence-corrected chi connectivity index (χ1v) is 8.76. The molecule has 0 unspecified atom stereocenters. The molecule has 2 fully saturated rings. The minimum atomic E-state index is -0.678. The molecule has 0 radical (unpaired) electrons. The van der Waals surface area contributed by atoms with E-state index in [0.29, 0.717) is 23.7 Å². The van der Waals surface area contributed by atoms with Crippen LogP contribution in [0.5, 0.6) is 11.5 Å². The smallest absolute Gasteiger partial charge is 0.331 e. The van der Waals surface area contributed by atoms with Crippen molar-refractivity contribution in [1.29, 1.82) is 0 Å². The van der Waals surface area contributed by atoms with Crippen LogP contribution in [0.25, 0.3) is 6.08 Å². The van der Waals surface area contributed by atoms with Crippen LogP contribution in [-0.4, -0.2) is 42.5 Å². The van der Waals surface area contributed by atoms with Gasteiger partial charge in [-0.2, -0.15) is 0 Å². The number of nitrogens with zero attached hydrogens (tertiary/aromatic N) is 1. The van der Waals surface area contributed by atoms with Crippen molar-refractivity contribution in [3.63, 3.8) is 0 Å². The number of amides is 4. The highest BCUT2D eigenvalue weighted by molar-refractivity contribution is 6.31. The van der Waals surface area contributed by atoms with Gasteiger partial charge in [-0.05, 0) is 43.5 Å². The van der Waals surface area contributed by atoms with Crippen molar-refractivity contribution in [3.05, 3.63) is 29.3 Å². The highest BCUT2D eigenvalue weighted by Crippen LogP contribution is 2.30. The fourth-order valence-electron chi connectivity index (χ4n) is 3.38. The van der Waals surface area contributed by atoms with Crippen molar-refractivity contribution in [2.75, 3.05) is 13.7 Å². The van der Waals surface area contributed by atoms with Crippen molar-refractivity contribution in [3.8, 4) is 11.5 Å². The molecule has 1 N–H and O–H groups in total. The molecule has 1 aliphatic carbocycles. The third kappa shape index (κ3) is 3.42. The predicted molar refractivity (Wildman–Crippen MR) is 94.8 cm³/mol. The summed E-state index contributed by atoms with van der Waals surface area (Å²) in [7, 11) is 1.54. The molecule has 1 aliphatic heterocycles. The van der Waals surface area contributed by atoms with E-state index in [1.165, 1.54) is 11.0 Å². The maximum atomic E-state index is 12.8. The van der Waals surface area contributed by atoms with Gasteiger partial charge in [0.15, 0.2) is 11.5 Å². The Morgan fingerprint density at radius 1 is 1.19 bits per heavy atom. The van der Waals surface area contributed by atoms with E-state index in [-0.39, 0.29) is 11.6 Å². The number of benzene rings is 1. The van der Waals surface area contributed by atoms with Gasteiger partial charge in [0.25, 0.3) is 11.8 Å². The van der Waals surface area contributed by atoms with Crippen LogP contribution in [0, 0.1) is 0 Å². The molecule has 26 heavy (non-hydrogen) atoms. The van der Waals surface area contributed by atoms with E-state index in [1.807, 2.05) is 6.92 Å². The Hall–Kier alpha value is -2.83. The number of imide groups is 2. The zero-order valence-electron chi connectivity index (χ0n) is 14.9. The Kier molecular flexibility index (Phi) is 5.25. The molecule has 0 atom stereocenters. The number of carbonyl (C=O) groups is 3. The van der Waals surface area contributed by atoms with Crippen LogP contribution in [0.15, 0.2) is 23.8 Å². The van der Waals surface area contributed by atoms with Gasteiger partial charge in [-0.3, -0.25) is 19.8 Å². The van der Waals surface area contributed by atoms with Crippen LogP contribution < -0.4 is 14.8 Å². The number of carbonyl (C=O) groups excluding carboxylic acids is 3. The van der Waals surface area contributed by atoms with E-state index < -0.39 is 17.8 Å². The lowest BCUT2D eigenvalue weighted by Gasteiger charge is -2.31. The summed E-state index contributed by atoms with van der Waals surface area (Å²) in [6.07, 6.45) is 4.99. The summed E-state index contributed by atoms with van der Waals surface area (Å²) in [6.45, 7) is 2.31. The number of ether oxygens (including phenoxy) is 2. The molecule has 1 aromatic rings. The molecule has 1 saturated carbocycles. The lowest BCUT2D eigenvalue weighted by molar-refractivity contribution is -0.131. The first kappa shape index (κ1) is 18.0. The maximum absolute atomic E-state index is 12.8. The topological polar surface area (TPSA) is 84.9 Å². The van der Waals surface area contributed by atoms with Gasteiger partial charge in [0.1, 0.15) is 5.57 Å². The minimum Gasteiger partial charge on any atom is -0.493 e. The lowest BCUT2D eigenvalue weighted by atomic mass is 10.0. The number of hydrogen-bond donors (Lipinski definition) is 1. The van der Waals surface area contributed by atoms with Crippen LogP contribution >= 0.6 is 0 Å². The lowest BCUT2D eigenvalue weighted by Crippen LogP contribution is -2.57. The predicted octanol–water partition coefficient (Wildman–Crippen LogP) is 2.50. The first-order chi connectivity index (χ1) is 12.5. The number of nitrogens with one attached hydrogen (secondary N) is 1. The SMILES string of the molecule is CCOc1cc(/C=C2\C(=O)NC(=O)N(C3CCCC3)C2=O)ccc1OC. The van der Waals surface area contributed by atoms with Gasteiger partial charge in [0, 0.05) is 6.04 Å². The van der Waals surface area contributed by atoms with Crippen LogP contribution in [0.4, 0.5) is 4.79 Å². The van der Waals surface area contributed by atoms with Gasteiger partial charge in [-0.25, -0.2) is 4.79 Å². The van der Waals surface area contributed by atoms with Gasteiger partial charge < -0.3 is 9.47 Å². The van der Waals surface area contributed by atoms with E-state index in [2.05, 4.69) is 5.32 Å². The standard InChI is InChI=1S/C19H22N2O5/c1-3-26-16-11-12(8-9-15(16)25-2)10-14-17(22)20-19(24)21(18(14)23)13-6-4-5-7-13/h8-11,13H,3-7H2,1-2H3,(H,20,22,24)/b14-10+. The second-order valence-electron chi connectivity index (χ2n) is 6.27. The van der Waals surface area contributed by atoms with Crippen molar-refractivity contribution in [2.45, 2.75) is 38.6 Å². The summed E-state index contributed by atoms with van der Waals surface area (Å²) in [5.74, 6) is -0.129. The van der Waals surface area contributed by atoms with Gasteiger partial charge in [0.2, 0.25) is 0 Å². The number of hydrogen-bond acceptors (Lipinski definition) is 5. The Labute approximate surface area is 151 Å². The summed E-state index contributed by atoms with van der Waals surface area (Å²) >= 11 is 0. The zero-order chi connectivity index (χ0) is 18.7. The van der Waals surface area contributed by atoms with Gasteiger partial charge >= 0.3 is 6.03 Å². The molecule has 2 aliphatic rings. The van der Waals surface area contributed by atoms with E-state index in [1.54, 1.807) is 25.3 Å². The van der Waals surface area contributed by atoms with Gasteiger partial charge in [-0.1, -0.05) is 18.9 Å². The van der Waals surface area contributed by atoms with Crippen LogP contribution in [0.1, 0.15) is 38.2 Å². The van der Waals surface area contributed by atoms with Crippen LogP contribution in [0.2, 0.25) is 0 Å². The van der Waals surface area contributed by atoms with Crippen molar-refractivity contribution < 1.29 is 23.9 Å². The average Bonchev–Trinajstić information content (AvgIpc) is 3.13. The fraction of sp³-hybridized carbons (Fsp3) is 0.421. The van der Waals surface area contributed by atoms with Crippen molar-refractivity contribution in [2.24, 2.45) is 0 Å². The molecular formula is C19H22N2O5. The first-order valence-electron chi connectivity index (χ1n) is 8.76. The Morgan fingerprint density at radius 3 is 2.58 bits per heavy atom. The molecule has 1 heterocycles. The van der Waals surface area contributed by atoms with Crippen molar-refractivity contribution >= 4 is 23.9 Å². The molecule has 7 heteroatoms. The Morgan fingerprint density at radius 2 is 1.92 bits per heavy atom. The average molecular weight is 358 g/mol. The summed E-state index contributed by atoms with van der Waals surface area (Å²) in [5, 5.41) is 2.27. The molecule has 0 aromatic heterocycles. The molecular weight excluding hydrogens is 336 g/mol. The molecule has 138 valence electrons. The molecule has 3 rings (SSSR count).